The van der Waals surface area contributed by atoms with Crippen LogP contribution >= 0.6 is 0 Å². The van der Waals surface area contributed by atoms with E-state index in [9.17, 15) is 8.42 Å². The molecule has 1 aromatic carbocycles. The van der Waals surface area contributed by atoms with Crippen LogP contribution in [0.25, 0.3) is 0 Å². The van der Waals surface area contributed by atoms with Crippen molar-refractivity contribution < 1.29 is 13.2 Å². The van der Waals surface area contributed by atoms with Crippen molar-refractivity contribution in [2.24, 2.45) is 0 Å². The number of hydrogen-bond donors (Lipinski definition) is 0. The third-order valence-electron chi connectivity index (χ3n) is 3.06. The molecule has 0 saturated carbocycles. The minimum atomic E-state index is -3.52. The summed E-state index contributed by atoms with van der Waals surface area (Å²) in [4.78, 5) is 0.564. The molecule has 1 aromatic rings. The van der Waals surface area contributed by atoms with E-state index in [1.807, 2.05) is 20.8 Å². The van der Waals surface area contributed by atoms with Crippen LogP contribution in [0, 0.1) is 6.92 Å². The molecule has 1 atom stereocenters. The van der Waals surface area contributed by atoms with Crippen molar-refractivity contribution in [2.45, 2.75) is 37.4 Å². The Labute approximate surface area is 114 Å². The second-order valence-electron chi connectivity index (χ2n) is 5.24. The van der Waals surface area contributed by atoms with Crippen molar-refractivity contribution in [3.05, 3.63) is 53.5 Å². The van der Waals surface area contributed by atoms with Gasteiger partial charge in [-0.15, -0.1) is 6.58 Å². The Morgan fingerprint density at radius 1 is 1.26 bits per heavy atom. The van der Waals surface area contributed by atoms with Gasteiger partial charge in [-0.3, -0.25) is 0 Å². The van der Waals surface area contributed by atoms with Crippen LogP contribution in [0.5, 0.6) is 0 Å². The van der Waals surface area contributed by atoms with Gasteiger partial charge in [-0.1, -0.05) is 23.8 Å². The van der Waals surface area contributed by atoms with E-state index in [0.717, 1.165) is 5.56 Å². The zero-order valence-corrected chi connectivity index (χ0v) is 12.2. The molecule has 102 valence electrons. The summed E-state index contributed by atoms with van der Waals surface area (Å²) in [5.41, 5.74) is 0.433. The van der Waals surface area contributed by atoms with Gasteiger partial charge in [0.2, 0.25) is 9.84 Å². The molecular formula is C15H18O3S. The largest absolute Gasteiger partial charge is 0.359 e. The molecule has 0 aliphatic carbocycles. The predicted molar refractivity (Wildman–Crippen MR) is 75.6 cm³/mol. The average molecular weight is 278 g/mol. The van der Waals surface area contributed by atoms with Crippen LogP contribution in [0.15, 0.2) is 52.8 Å². The fourth-order valence-corrected chi connectivity index (χ4v) is 3.75. The van der Waals surface area contributed by atoms with Gasteiger partial charge in [0.1, 0.15) is 6.10 Å². The van der Waals surface area contributed by atoms with Crippen LogP contribution in [-0.2, 0) is 14.6 Å². The maximum absolute atomic E-state index is 12.6. The number of benzene rings is 1. The van der Waals surface area contributed by atoms with E-state index in [1.54, 1.807) is 30.3 Å². The summed E-state index contributed by atoms with van der Waals surface area (Å²) in [6.45, 7) is 9.24. The zero-order valence-electron chi connectivity index (χ0n) is 11.4. The highest BCUT2D eigenvalue weighted by Gasteiger charge is 2.38. The second-order valence-corrected chi connectivity index (χ2v) is 7.19. The van der Waals surface area contributed by atoms with E-state index in [-0.39, 0.29) is 9.80 Å². The summed E-state index contributed by atoms with van der Waals surface area (Å²) in [7, 11) is -3.52. The molecule has 19 heavy (non-hydrogen) atoms. The molecule has 0 aromatic heterocycles. The number of sulfone groups is 1. The normalized spacial score (nSPS) is 22.1. The van der Waals surface area contributed by atoms with Crippen molar-refractivity contribution in [1.29, 1.82) is 0 Å². The van der Waals surface area contributed by atoms with E-state index in [2.05, 4.69) is 6.58 Å². The number of hydrogen-bond acceptors (Lipinski definition) is 3. The van der Waals surface area contributed by atoms with Crippen molar-refractivity contribution >= 4 is 9.84 Å². The lowest BCUT2D eigenvalue weighted by Crippen LogP contribution is -2.21. The minimum Gasteiger partial charge on any atom is -0.359 e. The molecule has 0 bridgehead atoms. The van der Waals surface area contributed by atoms with Gasteiger partial charge in [0.25, 0.3) is 0 Å². The Balaban J connectivity index is 2.50. The first-order valence-electron chi connectivity index (χ1n) is 6.11. The fourth-order valence-electron chi connectivity index (χ4n) is 2.09. The Bertz CT molecular complexity index is 622. The molecule has 1 unspecified atom stereocenters. The molecular weight excluding hydrogens is 260 g/mol. The molecule has 4 heteroatoms. The van der Waals surface area contributed by atoms with Gasteiger partial charge in [-0.05, 0) is 39.0 Å². The summed E-state index contributed by atoms with van der Waals surface area (Å²) in [6.07, 6.45) is 2.60. The summed E-state index contributed by atoms with van der Waals surface area (Å²) in [5, 5.41) is 0. The summed E-state index contributed by atoms with van der Waals surface area (Å²) < 4.78 is 30.9. The highest BCUT2D eigenvalue weighted by Crippen LogP contribution is 2.35. The van der Waals surface area contributed by atoms with Crippen LogP contribution < -0.4 is 0 Å². The van der Waals surface area contributed by atoms with Crippen LogP contribution in [0.4, 0.5) is 0 Å². The Kier molecular flexibility index (Phi) is 3.41. The first-order valence-corrected chi connectivity index (χ1v) is 7.59. The lowest BCUT2D eigenvalue weighted by Gasteiger charge is -2.17. The van der Waals surface area contributed by atoms with Gasteiger partial charge >= 0.3 is 0 Å². The van der Waals surface area contributed by atoms with Crippen molar-refractivity contribution in [3.63, 3.8) is 0 Å². The Morgan fingerprint density at radius 3 is 2.37 bits per heavy atom. The Hall–Kier alpha value is -1.39. The quantitative estimate of drug-likeness (QED) is 0.798. The van der Waals surface area contributed by atoms with Crippen molar-refractivity contribution in [2.75, 3.05) is 0 Å². The molecule has 2 rings (SSSR count). The Morgan fingerprint density at radius 2 is 1.84 bits per heavy atom. The molecule has 0 saturated heterocycles. The molecule has 1 aliphatic heterocycles. The van der Waals surface area contributed by atoms with Crippen LogP contribution in [0.2, 0.25) is 0 Å². The molecule has 0 fully saturated rings. The SMILES string of the molecule is C=CC1OC(C)(C)C=C1S(=O)(=O)c1ccc(C)cc1. The third-order valence-corrected chi connectivity index (χ3v) is 4.92. The lowest BCUT2D eigenvalue weighted by molar-refractivity contribution is 0.0224. The van der Waals surface area contributed by atoms with Gasteiger partial charge < -0.3 is 4.74 Å². The van der Waals surface area contributed by atoms with Crippen molar-refractivity contribution in [1.82, 2.24) is 0 Å². The monoisotopic (exact) mass is 278 g/mol. The number of rotatable bonds is 3. The topological polar surface area (TPSA) is 43.4 Å². The second kappa shape index (κ2) is 4.62. The molecule has 1 aliphatic rings. The van der Waals surface area contributed by atoms with Gasteiger partial charge in [-0.25, -0.2) is 8.42 Å². The van der Waals surface area contributed by atoms with E-state index >= 15 is 0 Å². The van der Waals surface area contributed by atoms with E-state index in [1.165, 1.54) is 6.08 Å². The average Bonchev–Trinajstić information content (AvgIpc) is 2.66. The van der Waals surface area contributed by atoms with Crippen LogP contribution in [-0.4, -0.2) is 20.1 Å². The van der Waals surface area contributed by atoms with Gasteiger partial charge in [0.05, 0.1) is 15.4 Å². The van der Waals surface area contributed by atoms with E-state index < -0.39 is 21.5 Å². The summed E-state index contributed by atoms with van der Waals surface area (Å²) >= 11 is 0. The van der Waals surface area contributed by atoms with Gasteiger partial charge in [0.15, 0.2) is 0 Å². The third kappa shape index (κ3) is 2.65. The minimum absolute atomic E-state index is 0.274. The standard InChI is InChI=1S/C15H18O3S/c1-5-13-14(10-15(3,4)18-13)19(16,17)12-8-6-11(2)7-9-12/h5-10,13H,1H2,2-4H3. The highest BCUT2D eigenvalue weighted by molar-refractivity contribution is 7.95. The van der Waals surface area contributed by atoms with Crippen molar-refractivity contribution in [3.8, 4) is 0 Å². The molecule has 0 N–H and O–H groups in total. The first-order chi connectivity index (χ1) is 8.76. The molecule has 3 nitrogen and oxygen atoms in total. The first kappa shape index (κ1) is 14.0. The lowest BCUT2D eigenvalue weighted by atomic mass is 10.1. The highest BCUT2D eigenvalue weighted by atomic mass is 32.2. The molecule has 0 radical (unpaired) electrons. The number of aryl methyl sites for hydroxylation is 1. The van der Waals surface area contributed by atoms with Gasteiger partial charge in [-0.2, -0.15) is 0 Å². The van der Waals surface area contributed by atoms with E-state index in [0.29, 0.717) is 0 Å². The maximum atomic E-state index is 12.6. The molecule has 1 heterocycles. The molecule has 0 amide bonds. The predicted octanol–water partition coefficient (Wildman–Crippen LogP) is 3.02. The van der Waals surface area contributed by atoms with Crippen LogP contribution in [0.1, 0.15) is 19.4 Å². The smallest absolute Gasteiger partial charge is 0.205 e. The van der Waals surface area contributed by atoms with E-state index in [4.69, 9.17) is 4.74 Å². The van der Waals surface area contributed by atoms with Gasteiger partial charge in [0, 0.05) is 0 Å². The summed E-state index contributed by atoms with van der Waals surface area (Å²) in [6, 6.07) is 6.82. The fraction of sp³-hybridized carbons (Fsp3) is 0.333. The molecule has 0 spiro atoms. The van der Waals surface area contributed by atoms with Crippen LogP contribution in [0.3, 0.4) is 0 Å². The maximum Gasteiger partial charge on any atom is 0.205 e. The zero-order chi connectivity index (χ0) is 14.3. The number of ether oxygens (including phenoxy) is 1. The summed E-state index contributed by atoms with van der Waals surface area (Å²) in [5.74, 6) is 0.